The number of anilines is 1. The number of nitrogens with two attached hydrogens (primary N) is 1. The van der Waals surface area contributed by atoms with Gasteiger partial charge < -0.3 is 5.73 Å². The van der Waals surface area contributed by atoms with E-state index in [2.05, 4.69) is 47.0 Å². The van der Waals surface area contributed by atoms with Crippen molar-refractivity contribution in [1.82, 2.24) is 15.2 Å². The highest BCUT2D eigenvalue weighted by Crippen LogP contribution is 2.38. The standard InChI is InChI=1S/C14H10Br2N4/c15-9-3-4-11(16)10(6-9)13-12(14(17)20-19-13)8-2-1-5-18-7-8/h1-7H,(H3,17,19,20). The summed E-state index contributed by atoms with van der Waals surface area (Å²) < 4.78 is 1.95. The minimum atomic E-state index is 0.458. The zero-order valence-electron chi connectivity index (χ0n) is 10.3. The molecule has 2 aromatic heterocycles. The molecule has 0 saturated heterocycles. The summed E-state index contributed by atoms with van der Waals surface area (Å²) in [5.74, 6) is 0.458. The van der Waals surface area contributed by atoms with Gasteiger partial charge in [0.15, 0.2) is 5.82 Å². The number of halogens is 2. The summed E-state index contributed by atoms with van der Waals surface area (Å²) in [5, 5.41) is 7.13. The van der Waals surface area contributed by atoms with Gasteiger partial charge >= 0.3 is 0 Å². The molecule has 1 aromatic carbocycles. The molecule has 0 bridgehead atoms. The number of nitrogens with zero attached hydrogens (tertiary/aromatic N) is 2. The Bertz CT molecular complexity index is 753. The van der Waals surface area contributed by atoms with E-state index in [-0.39, 0.29) is 0 Å². The second-order valence-corrected chi connectivity index (χ2v) is 5.99. The Morgan fingerprint density at radius 2 is 2.00 bits per heavy atom. The molecule has 0 aliphatic heterocycles. The topological polar surface area (TPSA) is 67.6 Å². The van der Waals surface area contributed by atoms with Crippen molar-refractivity contribution in [3.63, 3.8) is 0 Å². The van der Waals surface area contributed by atoms with Gasteiger partial charge in [0.25, 0.3) is 0 Å². The molecule has 2 heterocycles. The first-order chi connectivity index (χ1) is 9.66. The molecule has 0 saturated carbocycles. The van der Waals surface area contributed by atoms with Crippen molar-refractivity contribution in [3.05, 3.63) is 51.7 Å². The van der Waals surface area contributed by atoms with E-state index in [9.17, 15) is 0 Å². The number of pyridine rings is 1. The molecule has 0 unspecified atom stereocenters. The summed E-state index contributed by atoms with van der Waals surface area (Å²) in [6, 6.07) is 9.79. The van der Waals surface area contributed by atoms with E-state index in [1.165, 1.54) is 0 Å². The second-order valence-electron chi connectivity index (χ2n) is 4.22. The van der Waals surface area contributed by atoms with Crippen LogP contribution in [-0.4, -0.2) is 15.2 Å². The number of benzene rings is 1. The van der Waals surface area contributed by atoms with E-state index < -0.39 is 0 Å². The first kappa shape index (κ1) is 13.3. The van der Waals surface area contributed by atoms with Crippen molar-refractivity contribution >= 4 is 37.7 Å². The lowest BCUT2D eigenvalue weighted by Crippen LogP contribution is -1.89. The highest BCUT2D eigenvalue weighted by Gasteiger charge is 2.17. The lowest BCUT2D eigenvalue weighted by Gasteiger charge is -2.07. The zero-order valence-corrected chi connectivity index (χ0v) is 13.4. The normalized spacial score (nSPS) is 10.7. The Labute approximate surface area is 132 Å². The number of aromatic nitrogens is 3. The van der Waals surface area contributed by atoms with Gasteiger partial charge in [0.1, 0.15) is 0 Å². The molecule has 3 aromatic rings. The van der Waals surface area contributed by atoms with E-state index in [1.807, 2.05) is 30.3 Å². The molecule has 20 heavy (non-hydrogen) atoms. The lowest BCUT2D eigenvalue weighted by atomic mass is 10.0. The fourth-order valence-corrected chi connectivity index (χ4v) is 2.85. The van der Waals surface area contributed by atoms with E-state index in [1.54, 1.807) is 12.4 Å². The zero-order chi connectivity index (χ0) is 14.1. The molecule has 0 amide bonds. The fraction of sp³-hybridized carbons (Fsp3) is 0. The van der Waals surface area contributed by atoms with Gasteiger partial charge in [-0.1, -0.05) is 37.9 Å². The molecule has 3 rings (SSSR count). The van der Waals surface area contributed by atoms with Crippen LogP contribution < -0.4 is 5.73 Å². The Morgan fingerprint density at radius 1 is 1.15 bits per heavy atom. The molecular formula is C14H10Br2N4. The molecule has 4 nitrogen and oxygen atoms in total. The summed E-state index contributed by atoms with van der Waals surface area (Å²) in [6.45, 7) is 0. The average Bonchev–Trinajstić information content (AvgIpc) is 2.84. The molecule has 3 N–H and O–H groups in total. The van der Waals surface area contributed by atoms with E-state index in [4.69, 9.17) is 5.73 Å². The first-order valence-electron chi connectivity index (χ1n) is 5.86. The number of hydrogen-bond donors (Lipinski definition) is 2. The summed E-state index contributed by atoms with van der Waals surface area (Å²) in [4.78, 5) is 4.14. The van der Waals surface area contributed by atoms with Gasteiger partial charge in [-0.2, -0.15) is 5.10 Å². The van der Waals surface area contributed by atoms with E-state index in [0.29, 0.717) is 5.82 Å². The van der Waals surface area contributed by atoms with Crippen LogP contribution in [-0.2, 0) is 0 Å². The number of nitrogen functional groups attached to an aromatic ring is 1. The number of aromatic amines is 1. The maximum atomic E-state index is 6.00. The summed E-state index contributed by atoms with van der Waals surface area (Å²) in [6.07, 6.45) is 3.51. The molecular weight excluding hydrogens is 384 g/mol. The van der Waals surface area contributed by atoms with Gasteiger partial charge in [-0.05, 0) is 24.3 Å². The molecule has 0 aliphatic rings. The number of nitrogens with one attached hydrogen (secondary N) is 1. The Kier molecular flexibility index (Phi) is 3.58. The van der Waals surface area contributed by atoms with Crippen LogP contribution >= 0.6 is 31.9 Å². The van der Waals surface area contributed by atoms with Gasteiger partial charge in [-0.25, -0.2) is 0 Å². The SMILES string of the molecule is Nc1n[nH]c(-c2cc(Br)ccc2Br)c1-c1cccnc1. The van der Waals surface area contributed by atoms with Gasteiger partial charge in [0.2, 0.25) is 0 Å². The third-order valence-corrected chi connectivity index (χ3v) is 4.13. The fourth-order valence-electron chi connectivity index (χ4n) is 2.04. The molecule has 0 aliphatic carbocycles. The highest BCUT2D eigenvalue weighted by molar-refractivity contribution is 9.11. The predicted molar refractivity (Wildman–Crippen MR) is 87.1 cm³/mol. The minimum Gasteiger partial charge on any atom is -0.382 e. The van der Waals surface area contributed by atoms with Crippen molar-refractivity contribution in [3.8, 4) is 22.4 Å². The molecule has 0 atom stereocenters. The van der Waals surface area contributed by atoms with Crippen LogP contribution in [0.3, 0.4) is 0 Å². The molecule has 0 radical (unpaired) electrons. The van der Waals surface area contributed by atoms with Crippen LogP contribution in [0.2, 0.25) is 0 Å². The maximum Gasteiger partial charge on any atom is 0.153 e. The van der Waals surface area contributed by atoms with Gasteiger partial charge in [0.05, 0.1) is 11.3 Å². The molecule has 6 heteroatoms. The van der Waals surface area contributed by atoms with Crippen LogP contribution in [0, 0.1) is 0 Å². The van der Waals surface area contributed by atoms with Crippen molar-refractivity contribution < 1.29 is 0 Å². The van der Waals surface area contributed by atoms with Crippen LogP contribution in [0.1, 0.15) is 0 Å². The Hall–Kier alpha value is -1.66. The van der Waals surface area contributed by atoms with Gasteiger partial charge in [-0.3, -0.25) is 10.1 Å². The average molecular weight is 394 g/mol. The summed E-state index contributed by atoms with van der Waals surface area (Å²) >= 11 is 7.04. The third-order valence-electron chi connectivity index (χ3n) is 2.94. The highest BCUT2D eigenvalue weighted by atomic mass is 79.9. The summed E-state index contributed by atoms with van der Waals surface area (Å²) in [7, 11) is 0. The predicted octanol–water partition coefficient (Wildman–Crippen LogP) is 4.25. The minimum absolute atomic E-state index is 0.458. The van der Waals surface area contributed by atoms with Gasteiger partial charge in [0, 0.05) is 32.5 Å². The number of rotatable bonds is 2. The van der Waals surface area contributed by atoms with Crippen LogP contribution in [0.25, 0.3) is 22.4 Å². The van der Waals surface area contributed by atoms with Crippen molar-refractivity contribution in [2.24, 2.45) is 0 Å². The smallest absolute Gasteiger partial charge is 0.153 e. The van der Waals surface area contributed by atoms with Crippen molar-refractivity contribution in [2.45, 2.75) is 0 Å². The lowest BCUT2D eigenvalue weighted by molar-refractivity contribution is 1.10. The van der Waals surface area contributed by atoms with Crippen molar-refractivity contribution in [2.75, 3.05) is 5.73 Å². The largest absolute Gasteiger partial charge is 0.382 e. The van der Waals surface area contributed by atoms with Crippen molar-refractivity contribution in [1.29, 1.82) is 0 Å². The van der Waals surface area contributed by atoms with Crippen LogP contribution in [0.15, 0.2) is 51.7 Å². The third kappa shape index (κ3) is 2.36. The monoisotopic (exact) mass is 392 g/mol. The maximum absolute atomic E-state index is 6.00. The van der Waals surface area contributed by atoms with E-state index in [0.717, 1.165) is 31.3 Å². The molecule has 100 valence electrons. The first-order valence-corrected chi connectivity index (χ1v) is 7.45. The van der Waals surface area contributed by atoms with E-state index >= 15 is 0 Å². The molecule has 0 fully saturated rings. The van der Waals surface area contributed by atoms with Crippen LogP contribution in [0.5, 0.6) is 0 Å². The molecule has 0 spiro atoms. The Morgan fingerprint density at radius 3 is 2.75 bits per heavy atom. The number of H-pyrrole nitrogens is 1. The quantitative estimate of drug-likeness (QED) is 0.683. The van der Waals surface area contributed by atoms with Crippen LogP contribution in [0.4, 0.5) is 5.82 Å². The number of hydrogen-bond acceptors (Lipinski definition) is 3. The van der Waals surface area contributed by atoms with Gasteiger partial charge in [-0.15, -0.1) is 0 Å². The Balaban J connectivity index is 2.24. The second kappa shape index (κ2) is 5.38. The summed E-state index contributed by atoms with van der Waals surface area (Å²) in [5.41, 5.74) is 9.64.